The van der Waals surface area contributed by atoms with E-state index in [1.54, 1.807) is 0 Å². The molecule has 4 heteroatoms. The highest BCUT2D eigenvalue weighted by Crippen LogP contribution is 3.18. The number of aliphatic carboxylic acids is 2. The number of hydrogen-bond acceptors (Lipinski definition) is 2. The highest BCUT2D eigenvalue weighted by atomic mass is 16.4. The van der Waals surface area contributed by atoms with E-state index in [-0.39, 0.29) is 34.5 Å². The fourth-order valence-corrected chi connectivity index (χ4v) is 7.89. The Labute approximate surface area is 91.6 Å². The van der Waals surface area contributed by atoms with E-state index in [0.717, 1.165) is 0 Å². The smallest absolute Gasteiger partial charge is 0.310 e. The summed E-state index contributed by atoms with van der Waals surface area (Å²) in [7, 11) is 0. The average molecular weight is 220 g/mol. The SMILES string of the molecule is CC12C3C4C5C(C41C(=O)O)C2(C)C53C(=O)O. The van der Waals surface area contributed by atoms with Crippen LogP contribution in [-0.2, 0) is 9.59 Å². The first-order chi connectivity index (χ1) is 7.37. The maximum Gasteiger partial charge on any atom is 0.310 e. The Hall–Kier alpha value is -1.06. The summed E-state index contributed by atoms with van der Waals surface area (Å²) in [6, 6.07) is 0. The van der Waals surface area contributed by atoms with E-state index in [0.29, 0.717) is 0 Å². The first kappa shape index (κ1) is 8.09. The third-order valence-electron chi connectivity index (χ3n) is 7.89. The van der Waals surface area contributed by atoms with Crippen LogP contribution in [0.3, 0.4) is 0 Å². The van der Waals surface area contributed by atoms with Crippen molar-refractivity contribution in [1.82, 2.24) is 0 Å². The Morgan fingerprint density at radius 3 is 1.38 bits per heavy atom. The van der Waals surface area contributed by atoms with Gasteiger partial charge in [0.15, 0.2) is 0 Å². The van der Waals surface area contributed by atoms with Crippen LogP contribution in [0.15, 0.2) is 0 Å². The molecule has 0 aromatic heterocycles. The first-order valence-corrected chi connectivity index (χ1v) is 5.84. The van der Waals surface area contributed by atoms with Crippen LogP contribution in [0, 0.1) is 45.3 Å². The van der Waals surface area contributed by atoms with Gasteiger partial charge in [0.1, 0.15) is 0 Å². The van der Waals surface area contributed by atoms with Crippen LogP contribution in [0.2, 0.25) is 0 Å². The summed E-state index contributed by atoms with van der Waals surface area (Å²) in [5.74, 6) is -0.639. The van der Waals surface area contributed by atoms with Crippen molar-refractivity contribution >= 4 is 11.9 Å². The number of carboxylic acids is 2. The predicted molar refractivity (Wildman–Crippen MR) is 50.3 cm³/mol. The summed E-state index contributed by atoms with van der Waals surface area (Å²) in [4.78, 5) is 22.9. The second-order valence-corrected chi connectivity index (χ2v) is 6.76. The van der Waals surface area contributed by atoms with Crippen molar-refractivity contribution < 1.29 is 19.8 Å². The minimum absolute atomic E-state index is 0.161. The van der Waals surface area contributed by atoms with E-state index < -0.39 is 22.8 Å². The Morgan fingerprint density at radius 1 is 0.875 bits per heavy atom. The zero-order chi connectivity index (χ0) is 11.5. The topological polar surface area (TPSA) is 74.6 Å². The lowest BCUT2D eigenvalue weighted by atomic mass is 8.84. The van der Waals surface area contributed by atoms with Gasteiger partial charge in [0.2, 0.25) is 0 Å². The Kier molecular flexibility index (Phi) is 0.704. The zero-order valence-electron chi connectivity index (χ0n) is 9.02. The molecule has 0 amide bonds. The van der Waals surface area contributed by atoms with Gasteiger partial charge in [-0.05, 0) is 34.5 Å². The summed E-state index contributed by atoms with van der Waals surface area (Å²) in [5, 5.41) is 18.8. The van der Waals surface area contributed by atoms with Crippen LogP contribution >= 0.6 is 0 Å². The Morgan fingerprint density at radius 2 is 1.19 bits per heavy atom. The number of carboxylic acid groups (broad SMARTS) is 2. The van der Waals surface area contributed by atoms with E-state index >= 15 is 0 Å². The number of carbonyl (C=O) groups is 2. The van der Waals surface area contributed by atoms with Crippen LogP contribution in [0.1, 0.15) is 13.8 Å². The molecule has 6 rings (SSSR count). The second-order valence-electron chi connectivity index (χ2n) is 6.76. The molecule has 84 valence electrons. The van der Waals surface area contributed by atoms with Crippen molar-refractivity contribution in [3.8, 4) is 0 Å². The van der Waals surface area contributed by atoms with Gasteiger partial charge in [-0.1, -0.05) is 13.8 Å². The van der Waals surface area contributed by atoms with Crippen LogP contribution in [0.25, 0.3) is 0 Å². The summed E-state index contributed by atoms with van der Waals surface area (Å²) >= 11 is 0. The van der Waals surface area contributed by atoms with Crippen LogP contribution in [0.4, 0.5) is 0 Å². The second kappa shape index (κ2) is 1.39. The fourth-order valence-electron chi connectivity index (χ4n) is 7.89. The maximum absolute atomic E-state index is 11.5. The van der Waals surface area contributed by atoms with Gasteiger partial charge < -0.3 is 10.2 Å². The molecular weight excluding hydrogens is 208 g/mol. The summed E-state index contributed by atoms with van der Waals surface area (Å²) in [6.45, 7) is 4.02. The molecule has 8 atom stereocenters. The van der Waals surface area contributed by atoms with Crippen LogP contribution in [-0.4, -0.2) is 22.2 Å². The third-order valence-corrected chi connectivity index (χ3v) is 7.89. The average Bonchev–Trinajstić information content (AvgIpc) is 2.16. The molecule has 0 aromatic carbocycles. The summed E-state index contributed by atoms with van der Waals surface area (Å²) in [6.07, 6.45) is 0. The maximum atomic E-state index is 11.5. The molecule has 0 bridgehead atoms. The van der Waals surface area contributed by atoms with Crippen molar-refractivity contribution in [1.29, 1.82) is 0 Å². The summed E-state index contributed by atoms with van der Waals surface area (Å²) < 4.78 is 0. The molecule has 2 N–H and O–H groups in total. The molecule has 0 aromatic rings. The molecule has 0 saturated heterocycles. The van der Waals surface area contributed by atoms with E-state index in [4.69, 9.17) is 0 Å². The van der Waals surface area contributed by atoms with Crippen LogP contribution in [0.5, 0.6) is 0 Å². The van der Waals surface area contributed by atoms with E-state index in [9.17, 15) is 19.8 Å². The molecule has 4 nitrogen and oxygen atoms in total. The van der Waals surface area contributed by atoms with Crippen molar-refractivity contribution in [3.63, 3.8) is 0 Å². The van der Waals surface area contributed by atoms with Gasteiger partial charge >= 0.3 is 11.9 Å². The molecule has 0 radical (unpaired) electrons. The van der Waals surface area contributed by atoms with E-state index in [2.05, 4.69) is 0 Å². The summed E-state index contributed by atoms with van der Waals surface area (Å²) in [5.41, 5.74) is -1.47. The molecule has 6 aliphatic rings. The molecule has 0 spiro atoms. The minimum Gasteiger partial charge on any atom is -0.481 e. The Bertz CT molecular complexity index is 493. The van der Waals surface area contributed by atoms with Gasteiger partial charge in [-0.15, -0.1) is 0 Å². The highest BCUT2D eigenvalue weighted by molar-refractivity contribution is 5.98. The fraction of sp³-hybridized carbons (Fsp3) is 0.833. The van der Waals surface area contributed by atoms with Gasteiger partial charge in [-0.25, -0.2) is 0 Å². The van der Waals surface area contributed by atoms with Crippen molar-refractivity contribution in [2.24, 2.45) is 45.3 Å². The standard InChI is InChI=1S/C12H12O4/c1-9-5-3-4-6(11(3,9)7(13)14)10(9,2)12(4,5)8(15)16/h3-6H,1-2H3,(H,13,14)(H,15,16). The molecule has 8 unspecified atom stereocenters. The largest absolute Gasteiger partial charge is 0.481 e. The normalized spacial score (nSPS) is 78.1. The van der Waals surface area contributed by atoms with Gasteiger partial charge in [0.25, 0.3) is 0 Å². The molecule has 0 aliphatic heterocycles. The number of rotatable bonds is 2. The molecule has 6 fully saturated rings. The van der Waals surface area contributed by atoms with Crippen LogP contribution < -0.4 is 0 Å². The minimum atomic E-state index is -0.673. The van der Waals surface area contributed by atoms with Crippen molar-refractivity contribution in [2.45, 2.75) is 13.8 Å². The first-order valence-electron chi connectivity index (χ1n) is 5.84. The van der Waals surface area contributed by atoms with E-state index in [1.165, 1.54) is 0 Å². The van der Waals surface area contributed by atoms with Gasteiger partial charge in [-0.2, -0.15) is 0 Å². The van der Waals surface area contributed by atoms with E-state index in [1.807, 2.05) is 13.8 Å². The lowest BCUT2D eigenvalue weighted by Gasteiger charge is -3.16. The molecule has 6 aliphatic carbocycles. The van der Waals surface area contributed by atoms with Gasteiger partial charge in [0, 0.05) is 0 Å². The lowest BCUT2D eigenvalue weighted by Crippen LogP contribution is -3.19. The van der Waals surface area contributed by atoms with Gasteiger partial charge in [0.05, 0.1) is 10.8 Å². The van der Waals surface area contributed by atoms with Crippen molar-refractivity contribution in [3.05, 3.63) is 0 Å². The molecule has 6 saturated carbocycles. The Balaban J connectivity index is 1.75. The monoisotopic (exact) mass is 220 g/mol. The zero-order valence-corrected chi connectivity index (χ0v) is 9.02. The molecular formula is C12H12O4. The molecule has 16 heavy (non-hydrogen) atoms. The quantitative estimate of drug-likeness (QED) is 0.717. The molecule has 0 heterocycles. The van der Waals surface area contributed by atoms with Gasteiger partial charge in [-0.3, -0.25) is 9.59 Å². The third kappa shape index (κ3) is 0.250. The lowest BCUT2D eigenvalue weighted by molar-refractivity contribution is -0.708. The highest BCUT2D eigenvalue weighted by Gasteiger charge is 3.21. The number of hydrogen-bond donors (Lipinski definition) is 2. The predicted octanol–water partition coefficient (Wildman–Crippen LogP) is 0.674. The van der Waals surface area contributed by atoms with Crippen molar-refractivity contribution in [2.75, 3.05) is 0 Å².